The maximum atomic E-state index is 12.3. The van der Waals surface area contributed by atoms with E-state index in [1.165, 1.54) is 16.7 Å². The second-order valence-electron chi connectivity index (χ2n) is 4.88. The predicted molar refractivity (Wildman–Crippen MR) is 87.0 cm³/mol. The number of aryl methyl sites for hydroxylation is 2. The Hall–Kier alpha value is -1.60. The number of H-pyrrole nitrogens is 1. The van der Waals surface area contributed by atoms with Crippen molar-refractivity contribution in [2.45, 2.75) is 26.7 Å². The lowest BCUT2D eigenvalue weighted by Gasteiger charge is -2.13. The molecule has 1 aromatic heterocycles. The molecule has 1 aromatic rings. The molecule has 1 amide bonds. The highest BCUT2D eigenvalue weighted by atomic mass is 32.2. The van der Waals surface area contributed by atoms with Crippen molar-refractivity contribution in [1.82, 2.24) is 9.88 Å². The first kappa shape index (κ1) is 15.8. The third-order valence-electron chi connectivity index (χ3n) is 3.11. The minimum absolute atomic E-state index is 0.0328. The fourth-order valence-electron chi connectivity index (χ4n) is 2.11. The number of carbonyl (C=O) groups excluding carboxylic acids is 1. The van der Waals surface area contributed by atoms with Gasteiger partial charge in [0.1, 0.15) is 4.32 Å². The summed E-state index contributed by atoms with van der Waals surface area (Å²) in [5.41, 5.74) is 3.01. The van der Waals surface area contributed by atoms with Gasteiger partial charge in [-0.1, -0.05) is 24.0 Å². The van der Waals surface area contributed by atoms with Crippen molar-refractivity contribution in [3.63, 3.8) is 0 Å². The monoisotopic (exact) mass is 324 g/mol. The Morgan fingerprint density at radius 2 is 2.24 bits per heavy atom. The van der Waals surface area contributed by atoms with Crippen LogP contribution in [0.3, 0.4) is 0 Å². The van der Waals surface area contributed by atoms with E-state index in [2.05, 4.69) is 4.98 Å². The molecule has 2 rings (SSSR count). The molecule has 0 atom stereocenters. The van der Waals surface area contributed by atoms with E-state index in [1.807, 2.05) is 19.9 Å². The van der Waals surface area contributed by atoms with Crippen LogP contribution in [0, 0.1) is 13.8 Å². The van der Waals surface area contributed by atoms with Gasteiger partial charge in [0.2, 0.25) is 0 Å². The van der Waals surface area contributed by atoms with Crippen LogP contribution in [-0.2, 0) is 9.59 Å². The lowest BCUT2D eigenvalue weighted by molar-refractivity contribution is -0.137. The fraction of sp³-hybridized carbons (Fsp3) is 0.357. The highest BCUT2D eigenvalue weighted by Gasteiger charge is 2.31. The summed E-state index contributed by atoms with van der Waals surface area (Å²) in [5, 5.41) is 8.64. The lowest BCUT2D eigenvalue weighted by atomic mass is 10.2. The van der Waals surface area contributed by atoms with Gasteiger partial charge < -0.3 is 10.1 Å². The molecule has 0 aromatic carbocycles. The Balaban J connectivity index is 2.10. The minimum Gasteiger partial charge on any atom is -0.481 e. The highest BCUT2D eigenvalue weighted by Crippen LogP contribution is 2.33. The number of hydrogen-bond donors (Lipinski definition) is 2. The molecular weight excluding hydrogens is 308 g/mol. The molecule has 0 aliphatic carbocycles. The number of aromatic amines is 1. The number of aromatic nitrogens is 1. The minimum atomic E-state index is -0.867. The molecular formula is C14H16N2O3S2. The zero-order chi connectivity index (χ0) is 15.6. The number of thioether (sulfide) groups is 1. The fourth-order valence-corrected chi connectivity index (χ4v) is 3.40. The van der Waals surface area contributed by atoms with E-state index in [1.54, 1.807) is 6.08 Å². The predicted octanol–water partition coefficient (Wildman–Crippen LogP) is 2.70. The summed E-state index contributed by atoms with van der Waals surface area (Å²) in [6.07, 6.45) is 2.24. The van der Waals surface area contributed by atoms with E-state index in [4.69, 9.17) is 17.3 Å². The van der Waals surface area contributed by atoms with Gasteiger partial charge in [0, 0.05) is 24.4 Å². The van der Waals surface area contributed by atoms with Crippen molar-refractivity contribution in [3.05, 3.63) is 27.9 Å². The first-order chi connectivity index (χ1) is 9.88. The Morgan fingerprint density at radius 1 is 1.52 bits per heavy atom. The molecule has 2 N–H and O–H groups in total. The number of carboxylic acids is 1. The SMILES string of the molecule is Cc1cc(C)c(C=C2SC(=S)N(CCCC(=O)O)C2=O)[nH]1. The van der Waals surface area contributed by atoms with Gasteiger partial charge in [-0.15, -0.1) is 0 Å². The molecule has 0 radical (unpaired) electrons. The summed E-state index contributed by atoms with van der Waals surface area (Å²) in [6, 6.07) is 2.01. The van der Waals surface area contributed by atoms with Crippen LogP contribution in [0.15, 0.2) is 11.0 Å². The second-order valence-corrected chi connectivity index (χ2v) is 6.56. The summed E-state index contributed by atoms with van der Waals surface area (Å²) < 4.78 is 0.484. The third-order valence-corrected chi connectivity index (χ3v) is 4.49. The number of nitrogens with zero attached hydrogens (tertiary/aromatic N) is 1. The molecule has 21 heavy (non-hydrogen) atoms. The highest BCUT2D eigenvalue weighted by molar-refractivity contribution is 8.26. The zero-order valence-corrected chi connectivity index (χ0v) is 13.4. The quantitative estimate of drug-likeness (QED) is 0.643. The van der Waals surface area contributed by atoms with E-state index in [0.717, 1.165) is 17.0 Å². The van der Waals surface area contributed by atoms with Crippen molar-refractivity contribution in [2.24, 2.45) is 0 Å². The van der Waals surface area contributed by atoms with Gasteiger partial charge in [-0.3, -0.25) is 14.5 Å². The van der Waals surface area contributed by atoms with Gasteiger partial charge in [0.05, 0.1) is 4.91 Å². The smallest absolute Gasteiger partial charge is 0.303 e. The van der Waals surface area contributed by atoms with Crippen LogP contribution in [0.2, 0.25) is 0 Å². The maximum absolute atomic E-state index is 12.3. The first-order valence-electron chi connectivity index (χ1n) is 6.52. The number of rotatable bonds is 5. The average Bonchev–Trinajstić information content (AvgIpc) is 2.83. The molecule has 1 aliphatic rings. The third kappa shape index (κ3) is 3.74. The Labute approximate surface area is 132 Å². The van der Waals surface area contributed by atoms with Gasteiger partial charge in [-0.05, 0) is 38.0 Å². The van der Waals surface area contributed by atoms with Crippen LogP contribution in [-0.4, -0.2) is 37.7 Å². The Bertz CT molecular complexity index is 634. The van der Waals surface area contributed by atoms with Crippen molar-refractivity contribution in [2.75, 3.05) is 6.54 Å². The van der Waals surface area contributed by atoms with Crippen LogP contribution in [0.25, 0.3) is 6.08 Å². The van der Waals surface area contributed by atoms with Crippen LogP contribution in [0.4, 0.5) is 0 Å². The molecule has 0 bridgehead atoms. The normalized spacial score (nSPS) is 17.0. The number of hydrogen-bond acceptors (Lipinski definition) is 4. The molecule has 0 saturated carbocycles. The number of carbonyl (C=O) groups is 2. The van der Waals surface area contributed by atoms with Gasteiger partial charge in [0.25, 0.3) is 5.91 Å². The van der Waals surface area contributed by atoms with Crippen molar-refractivity contribution in [1.29, 1.82) is 0 Å². The van der Waals surface area contributed by atoms with E-state index >= 15 is 0 Å². The van der Waals surface area contributed by atoms with E-state index in [-0.39, 0.29) is 12.3 Å². The molecule has 0 spiro atoms. The second kappa shape index (κ2) is 6.44. The molecule has 1 saturated heterocycles. The zero-order valence-electron chi connectivity index (χ0n) is 11.8. The van der Waals surface area contributed by atoms with Gasteiger partial charge >= 0.3 is 5.97 Å². The van der Waals surface area contributed by atoms with Crippen LogP contribution >= 0.6 is 24.0 Å². The topological polar surface area (TPSA) is 73.4 Å². The molecule has 1 aliphatic heterocycles. The number of nitrogens with one attached hydrogen (secondary N) is 1. The Morgan fingerprint density at radius 3 is 2.81 bits per heavy atom. The molecule has 5 nitrogen and oxygen atoms in total. The maximum Gasteiger partial charge on any atom is 0.303 e. The summed E-state index contributed by atoms with van der Waals surface area (Å²) in [7, 11) is 0. The van der Waals surface area contributed by atoms with Crippen molar-refractivity contribution < 1.29 is 14.7 Å². The number of amides is 1. The van der Waals surface area contributed by atoms with Crippen molar-refractivity contribution >= 4 is 46.3 Å². The molecule has 7 heteroatoms. The van der Waals surface area contributed by atoms with E-state index in [0.29, 0.717) is 22.2 Å². The van der Waals surface area contributed by atoms with Crippen LogP contribution in [0.1, 0.15) is 29.8 Å². The van der Waals surface area contributed by atoms with Crippen LogP contribution < -0.4 is 0 Å². The van der Waals surface area contributed by atoms with Crippen molar-refractivity contribution in [3.8, 4) is 0 Å². The summed E-state index contributed by atoms with van der Waals surface area (Å²) >= 11 is 6.45. The number of carboxylic acid groups (broad SMARTS) is 1. The summed E-state index contributed by atoms with van der Waals surface area (Å²) in [5.74, 6) is -1.02. The van der Waals surface area contributed by atoms with E-state index in [9.17, 15) is 9.59 Å². The van der Waals surface area contributed by atoms with Gasteiger partial charge in [-0.25, -0.2) is 0 Å². The van der Waals surface area contributed by atoms with Gasteiger partial charge in [0.15, 0.2) is 0 Å². The molecule has 0 unspecified atom stereocenters. The average molecular weight is 324 g/mol. The lowest BCUT2D eigenvalue weighted by Crippen LogP contribution is -2.29. The summed E-state index contributed by atoms with van der Waals surface area (Å²) in [6.45, 7) is 4.28. The molecule has 112 valence electrons. The van der Waals surface area contributed by atoms with Crippen LogP contribution in [0.5, 0.6) is 0 Å². The standard InChI is InChI=1S/C14H16N2O3S2/c1-8-6-9(2)15-10(8)7-11-13(19)16(14(20)21-11)5-3-4-12(17)18/h6-7,15H,3-5H2,1-2H3,(H,17,18). The largest absolute Gasteiger partial charge is 0.481 e. The van der Waals surface area contributed by atoms with E-state index < -0.39 is 5.97 Å². The summed E-state index contributed by atoms with van der Waals surface area (Å²) in [4.78, 5) is 28.1. The number of thiocarbonyl (C=S) groups is 1. The number of aliphatic carboxylic acids is 1. The van der Waals surface area contributed by atoms with Gasteiger partial charge in [-0.2, -0.15) is 0 Å². The molecule has 2 heterocycles. The first-order valence-corrected chi connectivity index (χ1v) is 7.74. The molecule has 1 fully saturated rings. The Kier molecular flexibility index (Phi) is 4.84.